The van der Waals surface area contributed by atoms with Gasteiger partial charge in [0.15, 0.2) is 0 Å². The van der Waals surface area contributed by atoms with Crippen LogP contribution in [-0.2, 0) is 6.54 Å². The van der Waals surface area contributed by atoms with Gasteiger partial charge < -0.3 is 15.0 Å². The first-order chi connectivity index (χ1) is 12.2. The molecule has 3 nitrogen and oxygen atoms in total. The van der Waals surface area contributed by atoms with Crippen LogP contribution in [0, 0.1) is 6.92 Å². The van der Waals surface area contributed by atoms with E-state index in [2.05, 4.69) is 66.5 Å². The highest BCUT2D eigenvalue weighted by molar-refractivity contribution is 5.48. The van der Waals surface area contributed by atoms with E-state index in [4.69, 9.17) is 4.74 Å². The van der Waals surface area contributed by atoms with E-state index >= 15 is 0 Å². The first kappa shape index (κ1) is 17.8. The molecule has 1 saturated heterocycles. The number of nitrogens with one attached hydrogen (secondary N) is 1. The molecule has 0 spiro atoms. The average molecular weight is 338 g/mol. The quantitative estimate of drug-likeness (QED) is 0.815. The maximum atomic E-state index is 5.51. The van der Waals surface area contributed by atoms with Crippen LogP contribution in [0.4, 0.5) is 5.69 Å². The molecular formula is C22H30N2O. The lowest BCUT2D eigenvalue weighted by Crippen LogP contribution is -2.29. The van der Waals surface area contributed by atoms with Crippen LogP contribution in [0.25, 0.3) is 0 Å². The van der Waals surface area contributed by atoms with Crippen LogP contribution < -0.4 is 15.0 Å². The fourth-order valence-corrected chi connectivity index (χ4v) is 3.55. The number of ether oxygens (including phenoxy) is 1. The molecule has 0 radical (unpaired) electrons. The summed E-state index contributed by atoms with van der Waals surface area (Å²) in [5.74, 6) is 0.950. The Hall–Kier alpha value is -2.00. The molecule has 0 aliphatic carbocycles. The van der Waals surface area contributed by atoms with Crippen molar-refractivity contribution in [2.45, 2.75) is 45.7 Å². The fourth-order valence-electron chi connectivity index (χ4n) is 3.55. The van der Waals surface area contributed by atoms with E-state index in [1.807, 2.05) is 0 Å². The minimum Gasteiger partial charge on any atom is -0.496 e. The normalized spacial score (nSPS) is 15.9. The summed E-state index contributed by atoms with van der Waals surface area (Å²) in [5.41, 5.74) is 5.15. The number of methoxy groups -OCH3 is 1. The highest BCUT2D eigenvalue weighted by atomic mass is 16.5. The van der Waals surface area contributed by atoms with Crippen molar-refractivity contribution in [2.24, 2.45) is 0 Å². The fraction of sp³-hybridized carbons (Fsp3) is 0.455. The Bertz CT molecular complexity index is 675. The second kappa shape index (κ2) is 8.39. The van der Waals surface area contributed by atoms with E-state index in [-0.39, 0.29) is 6.04 Å². The van der Waals surface area contributed by atoms with E-state index in [1.165, 1.54) is 54.7 Å². The SMILES string of the molecule is COc1ccc(C)cc1C(C)NCc1ccc(N2CCCCC2)cc1. The summed E-state index contributed by atoms with van der Waals surface area (Å²) in [6.45, 7) is 7.57. The van der Waals surface area contributed by atoms with Crippen molar-refractivity contribution < 1.29 is 4.74 Å². The van der Waals surface area contributed by atoms with E-state index in [0.717, 1.165) is 12.3 Å². The van der Waals surface area contributed by atoms with Gasteiger partial charge in [-0.05, 0) is 56.9 Å². The molecule has 0 amide bonds. The van der Waals surface area contributed by atoms with Gasteiger partial charge in [0.1, 0.15) is 5.75 Å². The summed E-state index contributed by atoms with van der Waals surface area (Å²) in [5, 5.41) is 3.62. The lowest BCUT2D eigenvalue weighted by Gasteiger charge is -2.29. The van der Waals surface area contributed by atoms with Gasteiger partial charge in [-0.1, -0.05) is 29.8 Å². The van der Waals surface area contributed by atoms with Crippen molar-refractivity contribution in [1.82, 2.24) is 5.32 Å². The van der Waals surface area contributed by atoms with Crippen LogP contribution in [0.3, 0.4) is 0 Å². The molecule has 1 aliphatic rings. The van der Waals surface area contributed by atoms with Crippen molar-refractivity contribution in [3.05, 3.63) is 59.2 Å². The summed E-state index contributed by atoms with van der Waals surface area (Å²) in [6.07, 6.45) is 4.01. The first-order valence-electron chi connectivity index (χ1n) is 9.39. The Kier molecular flexibility index (Phi) is 5.98. The summed E-state index contributed by atoms with van der Waals surface area (Å²) in [6, 6.07) is 15.6. The summed E-state index contributed by atoms with van der Waals surface area (Å²) < 4.78 is 5.51. The zero-order chi connectivity index (χ0) is 17.6. The smallest absolute Gasteiger partial charge is 0.123 e. The maximum absolute atomic E-state index is 5.51. The Morgan fingerprint density at radius 2 is 1.76 bits per heavy atom. The molecule has 2 aromatic carbocycles. The van der Waals surface area contributed by atoms with Crippen LogP contribution in [-0.4, -0.2) is 20.2 Å². The zero-order valence-electron chi connectivity index (χ0n) is 15.7. The van der Waals surface area contributed by atoms with Crippen molar-refractivity contribution in [3.8, 4) is 5.75 Å². The number of nitrogens with zero attached hydrogens (tertiary/aromatic N) is 1. The van der Waals surface area contributed by atoms with Crippen LogP contribution in [0.5, 0.6) is 5.75 Å². The van der Waals surface area contributed by atoms with Crippen LogP contribution in [0.1, 0.15) is 48.9 Å². The third-order valence-corrected chi connectivity index (χ3v) is 5.12. The van der Waals surface area contributed by atoms with Crippen molar-refractivity contribution in [1.29, 1.82) is 0 Å². The molecule has 1 aliphatic heterocycles. The summed E-state index contributed by atoms with van der Waals surface area (Å²) in [7, 11) is 1.74. The van der Waals surface area contributed by atoms with Crippen molar-refractivity contribution in [3.63, 3.8) is 0 Å². The molecule has 1 unspecified atom stereocenters. The molecule has 1 atom stereocenters. The standard InChI is InChI=1S/C22H30N2O/c1-17-7-12-22(25-3)21(15-17)18(2)23-16-19-8-10-20(11-9-19)24-13-5-4-6-14-24/h7-12,15,18,23H,4-6,13-14,16H2,1-3H3. The van der Waals surface area contributed by atoms with Gasteiger partial charge in [0.25, 0.3) is 0 Å². The third-order valence-electron chi connectivity index (χ3n) is 5.12. The Morgan fingerprint density at radius 3 is 2.44 bits per heavy atom. The monoisotopic (exact) mass is 338 g/mol. The minimum atomic E-state index is 0.247. The van der Waals surface area contributed by atoms with E-state index < -0.39 is 0 Å². The number of hydrogen-bond donors (Lipinski definition) is 1. The molecule has 1 heterocycles. The number of rotatable bonds is 6. The molecule has 1 fully saturated rings. The molecule has 0 aromatic heterocycles. The third kappa shape index (κ3) is 4.55. The van der Waals surface area contributed by atoms with Crippen molar-refractivity contribution in [2.75, 3.05) is 25.1 Å². The number of hydrogen-bond acceptors (Lipinski definition) is 3. The average Bonchev–Trinajstić information content (AvgIpc) is 2.67. The topological polar surface area (TPSA) is 24.5 Å². The number of piperidine rings is 1. The van der Waals surface area contributed by atoms with Crippen LogP contribution >= 0.6 is 0 Å². The molecular weight excluding hydrogens is 308 g/mol. The number of benzene rings is 2. The number of anilines is 1. The Labute approximate surface area is 152 Å². The summed E-state index contributed by atoms with van der Waals surface area (Å²) in [4.78, 5) is 2.50. The zero-order valence-corrected chi connectivity index (χ0v) is 15.7. The van der Waals surface area contributed by atoms with E-state index in [9.17, 15) is 0 Å². The minimum absolute atomic E-state index is 0.247. The number of aryl methyl sites for hydroxylation is 1. The Balaban J connectivity index is 1.60. The van der Waals surface area contributed by atoms with Gasteiger partial charge in [0.2, 0.25) is 0 Å². The molecule has 25 heavy (non-hydrogen) atoms. The molecule has 1 N–H and O–H groups in total. The van der Waals surface area contributed by atoms with Gasteiger partial charge in [-0.3, -0.25) is 0 Å². The maximum Gasteiger partial charge on any atom is 0.123 e. The molecule has 0 saturated carbocycles. The van der Waals surface area contributed by atoms with E-state index in [0.29, 0.717) is 0 Å². The van der Waals surface area contributed by atoms with Gasteiger partial charge in [-0.2, -0.15) is 0 Å². The largest absolute Gasteiger partial charge is 0.496 e. The van der Waals surface area contributed by atoms with Gasteiger partial charge >= 0.3 is 0 Å². The molecule has 3 heteroatoms. The molecule has 2 aromatic rings. The highest BCUT2D eigenvalue weighted by Crippen LogP contribution is 2.26. The lowest BCUT2D eigenvalue weighted by molar-refractivity contribution is 0.401. The van der Waals surface area contributed by atoms with Gasteiger partial charge in [-0.25, -0.2) is 0 Å². The van der Waals surface area contributed by atoms with Crippen molar-refractivity contribution >= 4 is 5.69 Å². The second-order valence-electron chi connectivity index (χ2n) is 7.06. The van der Waals surface area contributed by atoms with Crippen LogP contribution in [0.15, 0.2) is 42.5 Å². The molecule has 0 bridgehead atoms. The first-order valence-corrected chi connectivity index (χ1v) is 9.39. The van der Waals surface area contributed by atoms with Gasteiger partial charge in [0, 0.05) is 36.9 Å². The molecule has 134 valence electrons. The predicted molar refractivity (Wildman–Crippen MR) is 105 cm³/mol. The molecule has 3 rings (SSSR count). The van der Waals surface area contributed by atoms with Crippen LogP contribution in [0.2, 0.25) is 0 Å². The Morgan fingerprint density at radius 1 is 1.04 bits per heavy atom. The van der Waals surface area contributed by atoms with E-state index in [1.54, 1.807) is 7.11 Å². The van der Waals surface area contributed by atoms with Gasteiger partial charge in [0.05, 0.1) is 7.11 Å². The summed E-state index contributed by atoms with van der Waals surface area (Å²) >= 11 is 0. The van der Waals surface area contributed by atoms with Gasteiger partial charge in [-0.15, -0.1) is 0 Å². The second-order valence-corrected chi connectivity index (χ2v) is 7.06. The highest BCUT2D eigenvalue weighted by Gasteiger charge is 2.12. The lowest BCUT2D eigenvalue weighted by atomic mass is 10.0. The predicted octanol–water partition coefficient (Wildman–Crippen LogP) is 4.84.